The second kappa shape index (κ2) is 10.3. The van der Waals surface area contributed by atoms with Crippen molar-refractivity contribution < 1.29 is 4.74 Å². The van der Waals surface area contributed by atoms with Gasteiger partial charge in [0.1, 0.15) is 5.75 Å². The van der Waals surface area contributed by atoms with Gasteiger partial charge in [-0.1, -0.05) is 24.3 Å². The van der Waals surface area contributed by atoms with Crippen molar-refractivity contribution in [2.24, 2.45) is 0 Å². The molecule has 1 saturated heterocycles. The van der Waals surface area contributed by atoms with E-state index in [0.29, 0.717) is 23.1 Å². The molecule has 10 nitrogen and oxygen atoms in total. The van der Waals surface area contributed by atoms with Crippen LogP contribution < -0.4 is 20.7 Å². The second-order valence-corrected chi connectivity index (χ2v) is 9.12. The van der Waals surface area contributed by atoms with Crippen LogP contribution in [0.5, 0.6) is 11.6 Å². The smallest absolute Gasteiger partial charge is 0.228 e. The number of anilines is 4. The first-order valence-corrected chi connectivity index (χ1v) is 12.4. The van der Waals surface area contributed by atoms with Crippen LogP contribution in [0.15, 0.2) is 79.1 Å². The predicted octanol–water partition coefficient (Wildman–Crippen LogP) is 4.35. The van der Waals surface area contributed by atoms with Crippen LogP contribution in [0.25, 0.3) is 22.0 Å². The second-order valence-electron chi connectivity index (χ2n) is 9.12. The van der Waals surface area contributed by atoms with Gasteiger partial charge < -0.3 is 25.6 Å². The minimum Gasteiger partial charge on any atom is -0.438 e. The van der Waals surface area contributed by atoms with Gasteiger partial charge in [0, 0.05) is 55.0 Å². The lowest BCUT2D eigenvalue weighted by molar-refractivity contribution is 0.312. The molecule has 0 amide bonds. The molecule has 1 aliphatic heterocycles. The minimum absolute atomic E-state index is 0.194. The van der Waals surface area contributed by atoms with Crippen molar-refractivity contribution in [1.82, 2.24) is 30.0 Å². The molecule has 0 spiro atoms. The molecule has 3 N–H and O–H groups in total. The van der Waals surface area contributed by atoms with Crippen molar-refractivity contribution in [3.63, 3.8) is 0 Å². The van der Waals surface area contributed by atoms with Crippen molar-refractivity contribution >= 4 is 34.0 Å². The van der Waals surface area contributed by atoms with Gasteiger partial charge in [0.15, 0.2) is 11.6 Å². The lowest BCUT2D eigenvalue weighted by Crippen LogP contribution is -2.45. The largest absolute Gasteiger partial charge is 0.438 e. The predicted molar refractivity (Wildman–Crippen MR) is 149 cm³/mol. The molecule has 0 radical (unpaired) electrons. The summed E-state index contributed by atoms with van der Waals surface area (Å²) in [5, 5.41) is 14.7. The summed E-state index contributed by atoms with van der Waals surface area (Å²) >= 11 is 0. The molecule has 3 aromatic heterocycles. The van der Waals surface area contributed by atoms with Crippen molar-refractivity contribution in [2.45, 2.75) is 0 Å². The molecule has 1 fully saturated rings. The Bertz CT molecular complexity index is 1570. The van der Waals surface area contributed by atoms with E-state index < -0.39 is 0 Å². The molecule has 0 unspecified atom stereocenters. The molecule has 1 aliphatic rings. The third-order valence-corrected chi connectivity index (χ3v) is 6.52. The number of aromatic nitrogens is 5. The molecule has 0 atom stereocenters. The zero-order valence-corrected chi connectivity index (χ0v) is 21.0. The number of nitrogens with two attached hydrogens (primary N) is 1. The zero-order valence-electron chi connectivity index (χ0n) is 21.0. The highest BCUT2D eigenvalue weighted by atomic mass is 16.5. The van der Waals surface area contributed by atoms with Gasteiger partial charge in [-0.3, -0.25) is 0 Å². The maximum Gasteiger partial charge on any atom is 0.228 e. The fourth-order valence-corrected chi connectivity index (χ4v) is 4.48. The van der Waals surface area contributed by atoms with Gasteiger partial charge in [0.2, 0.25) is 11.8 Å². The highest BCUT2D eigenvalue weighted by molar-refractivity contribution is 5.99. The average Bonchev–Trinajstić information content (AvgIpc) is 2.95. The highest BCUT2D eigenvalue weighted by Crippen LogP contribution is 2.33. The Balaban J connectivity index is 1.22. The van der Waals surface area contributed by atoms with Crippen molar-refractivity contribution in [1.29, 1.82) is 0 Å². The maximum atomic E-state index is 6.09. The number of benzene rings is 2. The fourth-order valence-electron chi connectivity index (χ4n) is 4.48. The molecule has 4 heterocycles. The molecule has 0 saturated carbocycles. The van der Waals surface area contributed by atoms with Gasteiger partial charge >= 0.3 is 0 Å². The lowest BCUT2D eigenvalue weighted by Gasteiger charge is -2.33. The Morgan fingerprint density at radius 2 is 1.61 bits per heavy atom. The minimum atomic E-state index is 0.194. The number of nitrogen functional groups attached to an aromatic ring is 1. The average molecular weight is 506 g/mol. The van der Waals surface area contributed by atoms with Crippen LogP contribution in [-0.4, -0.2) is 63.3 Å². The Labute approximate surface area is 220 Å². The summed E-state index contributed by atoms with van der Waals surface area (Å²) in [6.45, 7) is 3.90. The maximum absolute atomic E-state index is 6.09. The van der Waals surface area contributed by atoms with Gasteiger partial charge in [-0.25, -0.2) is 15.0 Å². The van der Waals surface area contributed by atoms with E-state index in [1.54, 1.807) is 18.5 Å². The summed E-state index contributed by atoms with van der Waals surface area (Å²) in [6, 6.07) is 21.4. The fraction of sp³-hybridized carbons (Fsp3) is 0.179. The Morgan fingerprint density at radius 1 is 0.816 bits per heavy atom. The van der Waals surface area contributed by atoms with Crippen LogP contribution in [0.3, 0.4) is 0 Å². The standard InChI is InChI=1S/C28H27N9O/c1-36-15-17-37(18-16-36)26-22-6-3-2-5-21(22)25(34-35-26)32-19-8-10-20(11-9-19)38-27-23(7-4-13-30-27)24-12-14-31-28(29)33-24/h2-14H,15-18H2,1H3,(H,32,34)(H2,29,31,33). The summed E-state index contributed by atoms with van der Waals surface area (Å²) in [6.07, 6.45) is 3.29. The van der Waals surface area contributed by atoms with E-state index in [9.17, 15) is 0 Å². The Hall–Kier alpha value is -4.83. The number of pyridine rings is 1. The monoisotopic (exact) mass is 505 g/mol. The summed E-state index contributed by atoms with van der Waals surface area (Å²) in [4.78, 5) is 17.3. The molecule has 6 rings (SSSR count). The summed E-state index contributed by atoms with van der Waals surface area (Å²) in [5.41, 5.74) is 8.00. The lowest BCUT2D eigenvalue weighted by atomic mass is 10.1. The molecular weight excluding hydrogens is 478 g/mol. The van der Waals surface area contributed by atoms with Gasteiger partial charge in [-0.2, -0.15) is 0 Å². The van der Waals surface area contributed by atoms with E-state index >= 15 is 0 Å². The number of nitrogens with one attached hydrogen (secondary N) is 1. The van der Waals surface area contributed by atoms with E-state index in [4.69, 9.17) is 10.5 Å². The van der Waals surface area contributed by atoms with E-state index in [2.05, 4.69) is 59.4 Å². The zero-order chi connectivity index (χ0) is 25.9. The third-order valence-electron chi connectivity index (χ3n) is 6.52. The summed E-state index contributed by atoms with van der Waals surface area (Å²) in [5.74, 6) is 2.90. The van der Waals surface area contributed by atoms with Crippen molar-refractivity contribution in [3.05, 3.63) is 79.1 Å². The summed E-state index contributed by atoms with van der Waals surface area (Å²) < 4.78 is 6.09. The van der Waals surface area contributed by atoms with Gasteiger partial charge in [0.05, 0.1) is 11.3 Å². The van der Waals surface area contributed by atoms with E-state index in [-0.39, 0.29) is 5.95 Å². The third kappa shape index (κ3) is 4.89. The molecule has 5 aromatic rings. The quantitative estimate of drug-likeness (QED) is 0.345. The van der Waals surface area contributed by atoms with Crippen molar-refractivity contribution in [2.75, 3.05) is 49.2 Å². The molecule has 38 heavy (non-hydrogen) atoms. The number of hydrogen-bond donors (Lipinski definition) is 2. The Kier molecular flexibility index (Phi) is 6.37. The van der Waals surface area contributed by atoms with Crippen LogP contribution in [-0.2, 0) is 0 Å². The first kappa shape index (κ1) is 23.6. The normalized spacial score (nSPS) is 14.0. The molecule has 190 valence electrons. The number of rotatable bonds is 6. The van der Waals surface area contributed by atoms with E-state index in [1.165, 1.54) is 0 Å². The molecule has 0 aliphatic carbocycles. The van der Waals surface area contributed by atoms with E-state index in [1.807, 2.05) is 48.5 Å². The molecule has 2 aromatic carbocycles. The number of ether oxygens (including phenoxy) is 1. The Morgan fingerprint density at radius 3 is 2.39 bits per heavy atom. The number of likely N-dealkylation sites (N-methyl/N-ethyl adjacent to an activating group) is 1. The van der Waals surface area contributed by atoms with Crippen LogP contribution in [0.4, 0.5) is 23.3 Å². The SMILES string of the molecule is CN1CCN(c2nnc(Nc3ccc(Oc4ncccc4-c4ccnc(N)n4)cc3)c3ccccc23)CC1. The number of fused-ring (bicyclic) bond motifs is 1. The number of hydrogen-bond acceptors (Lipinski definition) is 10. The van der Waals surface area contributed by atoms with Crippen LogP contribution in [0, 0.1) is 0 Å². The first-order valence-electron chi connectivity index (χ1n) is 12.4. The van der Waals surface area contributed by atoms with Crippen LogP contribution in [0.1, 0.15) is 0 Å². The van der Waals surface area contributed by atoms with Gasteiger partial charge in [0.25, 0.3) is 0 Å². The number of piperazine rings is 1. The van der Waals surface area contributed by atoms with Crippen molar-refractivity contribution in [3.8, 4) is 22.9 Å². The van der Waals surface area contributed by atoms with Gasteiger partial charge in [-0.15, -0.1) is 10.2 Å². The van der Waals surface area contributed by atoms with E-state index in [0.717, 1.165) is 54.0 Å². The van der Waals surface area contributed by atoms with Gasteiger partial charge in [-0.05, 0) is 49.5 Å². The molecule has 10 heteroatoms. The number of nitrogens with zero attached hydrogens (tertiary/aromatic N) is 7. The molecule has 0 bridgehead atoms. The highest BCUT2D eigenvalue weighted by Gasteiger charge is 2.19. The first-order chi connectivity index (χ1) is 18.6. The summed E-state index contributed by atoms with van der Waals surface area (Å²) in [7, 11) is 2.15. The van der Waals surface area contributed by atoms with Crippen LogP contribution in [0.2, 0.25) is 0 Å². The topological polar surface area (TPSA) is 118 Å². The van der Waals surface area contributed by atoms with Crippen LogP contribution >= 0.6 is 0 Å². The molecular formula is C28H27N9O.